The lowest BCUT2D eigenvalue weighted by Gasteiger charge is -2.06. The number of phenolic OH excluding ortho intramolecular Hbond substituents is 1. The normalized spacial score (nSPS) is 10.9. The molecule has 1 N–H and O–H groups in total. The van der Waals surface area contributed by atoms with Crippen LogP contribution in [0, 0.1) is 5.92 Å². The number of aromatic hydroxyl groups is 1. The van der Waals surface area contributed by atoms with E-state index in [2.05, 4.69) is 6.58 Å². The first-order valence-electron chi connectivity index (χ1n) is 5.36. The topological polar surface area (TPSA) is 37.3 Å². The fraction of sp³-hybridized carbons (Fsp3) is 0.357. The average Bonchev–Trinajstić information content (AvgIpc) is 2.22. The maximum Gasteiger partial charge on any atom is 0.132 e. The Morgan fingerprint density at radius 1 is 1.44 bits per heavy atom. The second-order valence-corrected chi connectivity index (χ2v) is 3.79. The Labute approximate surface area is 97.6 Å². The standard InChI is InChI=1S/C11H14O2.C3H6/c1-8(9(2)12)7-10-3-5-11(13)6-4-10;1-3-2/h3-6,8,13H,7H2,1-2H3;3H,1H2,2H3/t8-;/m0./s1. The van der Waals surface area contributed by atoms with Crippen LogP contribution in [0.2, 0.25) is 0 Å². The van der Waals surface area contributed by atoms with E-state index in [1.54, 1.807) is 25.1 Å². The van der Waals surface area contributed by atoms with Gasteiger partial charge in [0.1, 0.15) is 11.5 Å². The zero-order chi connectivity index (χ0) is 12.6. The summed E-state index contributed by atoms with van der Waals surface area (Å²) in [5, 5.41) is 9.03. The van der Waals surface area contributed by atoms with E-state index in [9.17, 15) is 4.79 Å². The Morgan fingerprint density at radius 2 is 1.88 bits per heavy atom. The van der Waals surface area contributed by atoms with Crippen molar-refractivity contribution in [3.8, 4) is 5.75 Å². The third-order valence-corrected chi connectivity index (χ3v) is 2.17. The number of carbonyl (C=O) groups excluding carboxylic acids is 1. The summed E-state index contributed by atoms with van der Waals surface area (Å²) in [6, 6.07) is 6.97. The molecule has 0 aliphatic heterocycles. The fourth-order valence-electron chi connectivity index (χ4n) is 1.13. The van der Waals surface area contributed by atoms with Gasteiger partial charge in [-0.05, 0) is 38.0 Å². The number of benzene rings is 1. The van der Waals surface area contributed by atoms with E-state index in [0.29, 0.717) is 0 Å². The summed E-state index contributed by atoms with van der Waals surface area (Å²) in [6.45, 7) is 8.76. The van der Waals surface area contributed by atoms with Gasteiger partial charge in [-0.15, -0.1) is 6.58 Å². The molecule has 16 heavy (non-hydrogen) atoms. The summed E-state index contributed by atoms with van der Waals surface area (Å²) in [5.74, 6) is 0.525. The van der Waals surface area contributed by atoms with E-state index < -0.39 is 0 Å². The summed E-state index contributed by atoms with van der Waals surface area (Å²) >= 11 is 0. The lowest BCUT2D eigenvalue weighted by atomic mass is 9.98. The van der Waals surface area contributed by atoms with Gasteiger partial charge in [0.05, 0.1) is 0 Å². The number of Topliss-reactive ketones (excluding diaryl/α,β-unsaturated/α-hetero) is 1. The Morgan fingerprint density at radius 3 is 2.25 bits per heavy atom. The smallest absolute Gasteiger partial charge is 0.132 e. The third-order valence-electron chi connectivity index (χ3n) is 2.17. The zero-order valence-electron chi connectivity index (χ0n) is 10.2. The molecule has 0 saturated carbocycles. The third kappa shape index (κ3) is 6.02. The van der Waals surface area contributed by atoms with Gasteiger partial charge >= 0.3 is 0 Å². The maximum absolute atomic E-state index is 11.0. The molecule has 0 bridgehead atoms. The number of ketones is 1. The minimum Gasteiger partial charge on any atom is -0.508 e. The lowest BCUT2D eigenvalue weighted by molar-refractivity contribution is -0.120. The second kappa shape index (κ2) is 7.69. The summed E-state index contributed by atoms with van der Waals surface area (Å²) in [7, 11) is 0. The van der Waals surface area contributed by atoms with Crippen molar-refractivity contribution in [3.05, 3.63) is 42.5 Å². The van der Waals surface area contributed by atoms with Gasteiger partial charge in [0.25, 0.3) is 0 Å². The van der Waals surface area contributed by atoms with Crippen LogP contribution in [0.4, 0.5) is 0 Å². The number of rotatable bonds is 3. The quantitative estimate of drug-likeness (QED) is 0.793. The zero-order valence-corrected chi connectivity index (χ0v) is 10.2. The molecule has 1 rings (SSSR count). The van der Waals surface area contributed by atoms with Gasteiger partial charge in [-0.2, -0.15) is 0 Å². The van der Waals surface area contributed by atoms with Crippen molar-refractivity contribution in [2.45, 2.75) is 27.2 Å². The first-order valence-corrected chi connectivity index (χ1v) is 5.36. The molecule has 0 aliphatic carbocycles. The molecule has 0 aliphatic rings. The summed E-state index contributed by atoms with van der Waals surface area (Å²) in [5.41, 5.74) is 1.08. The van der Waals surface area contributed by atoms with Gasteiger partial charge in [-0.1, -0.05) is 25.1 Å². The van der Waals surface area contributed by atoms with Crippen molar-refractivity contribution >= 4 is 5.78 Å². The fourth-order valence-corrected chi connectivity index (χ4v) is 1.13. The van der Waals surface area contributed by atoms with Gasteiger partial charge in [0, 0.05) is 5.92 Å². The predicted octanol–water partition coefficient (Wildman–Crippen LogP) is 3.35. The summed E-state index contributed by atoms with van der Waals surface area (Å²) in [6.07, 6.45) is 2.50. The number of phenols is 1. The van der Waals surface area contributed by atoms with Gasteiger partial charge in [-0.3, -0.25) is 4.79 Å². The largest absolute Gasteiger partial charge is 0.508 e. The van der Waals surface area contributed by atoms with Crippen molar-refractivity contribution in [1.29, 1.82) is 0 Å². The minimum absolute atomic E-state index is 0.0598. The molecule has 0 unspecified atom stereocenters. The molecule has 1 aromatic carbocycles. The molecule has 0 amide bonds. The molecule has 0 fully saturated rings. The van der Waals surface area contributed by atoms with Crippen molar-refractivity contribution < 1.29 is 9.90 Å². The molecular weight excluding hydrogens is 200 g/mol. The van der Waals surface area contributed by atoms with Gasteiger partial charge < -0.3 is 5.11 Å². The highest BCUT2D eigenvalue weighted by Gasteiger charge is 2.07. The molecule has 2 heteroatoms. The molecule has 1 aromatic rings. The highest BCUT2D eigenvalue weighted by Crippen LogP contribution is 2.13. The molecule has 0 radical (unpaired) electrons. The van der Waals surface area contributed by atoms with Crippen LogP contribution in [0.3, 0.4) is 0 Å². The monoisotopic (exact) mass is 220 g/mol. The highest BCUT2D eigenvalue weighted by molar-refractivity contribution is 5.78. The maximum atomic E-state index is 11.0. The predicted molar refractivity (Wildman–Crippen MR) is 67.5 cm³/mol. The SMILES string of the molecule is C=CC.CC(=O)[C@@H](C)Cc1ccc(O)cc1. The van der Waals surface area contributed by atoms with Crippen LogP contribution >= 0.6 is 0 Å². The second-order valence-electron chi connectivity index (χ2n) is 3.79. The van der Waals surface area contributed by atoms with Gasteiger partial charge in [0.2, 0.25) is 0 Å². The van der Waals surface area contributed by atoms with E-state index in [0.717, 1.165) is 12.0 Å². The highest BCUT2D eigenvalue weighted by atomic mass is 16.3. The van der Waals surface area contributed by atoms with Crippen LogP contribution in [-0.2, 0) is 11.2 Å². The molecule has 88 valence electrons. The van der Waals surface area contributed by atoms with Crippen LogP contribution in [-0.4, -0.2) is 10.9 Å². The Balaban J connectivity index is 0.000000673. The molecule has 0 heterocycles. The molecule has 1 atom stereocenters. The van der Waals surface area contributed by atoms with Crippen LogP contribution < -0.4 is 0 Å². The van der Waals surface area contributed by atoms with Crippen LogP contribution in [0.1, 0.15) is 26.3 Å². The van der Waals surface area contributed by atoms with Gasteiger partial charge in [0.15, 0.2) is 0 Å². The van der Waals surface area contributed by atoms with Crippen molar-refractivity contribution in [1.82, 2.24) is 0 Å². The molecule has 0 aromatic heterocycles. The lowest BCUT2D eigenvalue weighted by Crippen LogP contribution is -2.09. The van der Waals surface area contributed by atoms with E-state index in [1.807, 2.05) is 26.0 Å². The molecule has 0 spiro atoms. The Bertz CT molecular complexity index is 325. The van der Waals surface area contributed by atoms with E-state index in [4.69, 9.17) is 5.11 Å². The first-order chi connectivity index (χ1) is 7.51. The van der Waals surface area contributed by atoms with Crippen molar-refractivity contribution in [2.24, 2.45) is 5.92 Å². The molecule has 0 saturated heterocycles. The van der Waals surface area contributed by atoms with Gasteiger partial charge in [-0.25, -0.2) is 0 Å². The van der Waals surface area contributed by atoms with Crippen molar-refractivity contribution in [2.75, 3.05) is 0 Å². The Kier molecular flexibility index (Phi) is 6.93. The van der Waals surface area contributed by atoms with Crippen LogP contribution in [0.5, 0.6) is 5.75 Å². The minimum atomic E-state index is 0.0598. The van der Waals surface area contributed by atoms with E-state index in [1.165, 1.54) is 0 Å². The summed E-state index contributed by atoms with van der Waals surface area (Å²) < 4.78 is 0. The Hall–Kier alpha value is -1.57. The molecular formula is C14H20O2. The van der Waals surface area contributed by atoms with Crippen molar-refractivity contribution in [3.63, 3.8) is 0 Å². The summed E-state index contributed by atoms with van der Waals surface area (Å²) in [4.78, 5) is 11.0. The van der Waals surface area contributed by atoms with Crippen LogP contribution in [0.25, 0.3) is 0 Å². The number of hydrogen-bond donors (Lipinski definition) is 1. The van der Waals surface area contributed by atoms with E-state index >= 15 is 0 Å². The van der Waals surface area contributed by atoms with E-state index in [-0.39, 0.29) is 17.5 Å². The number of hydrogen-bond acceptors (Lipinski definition) is 2. The van der Waals surface area contributed by atoms with Crippen LogP contribution in [0.15, 0.2) is 36.9 Å². The number of carbonyl (C=O) groups is 1. The average molecular weight is 220 g/mol. The molecule has 2 nitrogen and oxygen atoms in total. The number of allylic oxidation sites excluding steroid dienone is 1. The first kappa shape index (κ1) is 14.4.